The molecular weight excluding hydrogens is 348 g/mol. The Hall–Kier alpha value is -1.71. The van der Waals surface area contributed by atoms with Gasteiger partial charge in [-0.25, -0.2) is 12.7 Å². The van der Waals surface area contributed by atoms with Crippen molar-refractivity contribution in [1.29, 1.82) is 0 Å². The number of amides is 1. The van der Waals surface area contributed by atoms with Crippen molar-refractivity contribution in [2.24, 2.45) is 0 Å². The average molecular weight is 371 g/mol. The summed E-state index contributed by atoms with van der Waals surface area (Å²) in [5.41, 5.74) is 0.553. The Morgan fingerprint density at radius 2 is 1.96 bits per heavy atom. The third-order valence-corrected chi connectivity index (χ3v) is 5.76. The van der Waals surface area contributed by atoms with Gasteiger partial charge in [0.2, 0.25) is 15.9 Å². The Morgan fingerprint density at radius 1 is 1.29 bits per heavy atom. The van der Waals surface area contributed by atoms with Crippen LogP contribution in [0.5, 0.6) is 0 Å². The summed E-state index contributed by atoms with van der Waals surface area (Å²) in [6.45, 7) is 0.151. The molecule has 9 heteroatoms. The molecule has 1 aromatic rings. The van der Waals surface area contributed by atoms with E-state index in [0.717, 1.165) is 17.1 Å². The molecule has 1 aromatic carbocycles. The van der Waals surface area contributed by atoms with E-state index in [2.05, 4.69) is 10.6 Å². The molecule has 0 bridgehead atoms. The van der Waals surface area contributed by atoms with Crippen LogP contribution in [0.25, 0.3) is 0 Å². The smallest absolute Gasteiger partial charge is 0.242 e. The van der Waals surface area contributed by atoms with Gasteiger partial charge in [-0.05, 0) is 43.3 Å². The Morgan fingerprint density at radius 3 is 2.54 bits per heavy atom. The van der Waals surface area contributed by atoms with E-state index in [0.29, 0.717) is 16.8 Å². The molecule has 7 nitrogen and oxygen atoms in total. The lowest BCUT2D eigenvalue weighted by molar-refractivity contribution is -0.121. The minimum Gasteiger partial charge on any atom is -0.352 e. The first-order chi connectivity index (χ1) is 11.2. The van der Waals surface area contributed by atoms with Crippen molar-refractivity contribution in [1.82, 2.24) is 14.5 Å². The van der Waals surface area contributed by atoms with Gasteiger partial charge in [-0.1, -0.05) is 6.07 Å². The molecule has 0 heterocycles. The number of anilines is 1. The van der Waals surface area contributed by atoms with Gasteiger partial charge >= 0.3 is 0 Å². The number of nitrogens with zero attached hydrogens (tertiary/aromatic N) is 2. The molecule has 0 unspecified atom stereocenters. The summed E-state index contributed by atoms with van der Waals surface area (Å²) >= 11 is 5.27. The number of benzene rings is 1. The zero-order chi connectivity index (χ0) is 17.9. The number of carbonyl (C=O) groups is 1. The molecule has 0 atom stereocenters. The van der Waals surface area contributed by atoms with Gasteiger partial charge < -0.3 is 15.5 Å². The second-order valence-electron chi connectivity index (χ2n) is 5.94. The monoisotopic (exact) mass is 370 g/mol. The van der Waals surface area contributed by atoms with Gasteiger partial charge in [0, 0.05) is 32.9 Å². The molecule has 1 aliphatic carbocycles. The predicted octanol–water partition coefficient (Wildman–Crippen LogP) is 0.844. The number of hydrogen-bond donors (Lipinski definition) is 2. The van der Waals surface area contributed by atoms with Gasteiger partial charge in [-0.15, -0.1) is 0 Å². The molecule has 1 aliphatic rings. The lowest BCUT2D eigenvalue weighted by Crippen LogP contribution is -2.40. The standard InChI is InChI=1S/C15H22N4O3S2/c1-18(2)24(21,22)13-6-4-5-12(9-13)17-15(23)19(3)10-14(20)16-11-7-8-11/h4-6,9,11H,7-8,10H2,1-3H3,(H,16,20)(H,17,23). The summed E-state index contributed by atoms with van der Waals surface area (Å²) < 4.78 is 25.5. The summed E-state index contributed by atoms with van der Waals surface area (Å²) in [7, 11) is 1.16. The Labute approximate surface area is 148 Å². The van der Waals surface area contributed by atoms with Crippen LogP contribution in [-0.2, 0) is 14.8 Å². The van der Waals surface area contributed by atoms with Crippen molar-refractivity contribution in [3.63, 3.8) is 0 Å². The summed E-state index contributed by atoms with van der Waals surface area (Å²) in [5.74, 6) is -0.0758. The van der Waals surface area contributed by atoms with Crippen molar-refractivity contribution in [2.45, 2.75) is 23.8 Å². The van der Waals surface area contributed by atoms with Crippen LogP contribution in [-0.4, -0.2) is 62.4 Å². The highest BCUT2D eigenvalue weighted by Crippen LogP contribution is 2.19. The maximum absolute atomic E-state index is 12.2. The molecule has 0 radical (unpaired) electrons. The van der Waals surface area contributed by atoms with Crippen LogP contribution >= 0.6 is 12.2 Å². The van der Waals surface area contributed by atoms with Gasteiger partial charge in [-0.3, -0.25) is 4.79 Å². The number of nitrogens with one attached hydrogen (secondary N) is 2. The van der Waals surface area contributed by atoms with E-state index >= 15 is 0 Å². The van der Waals surface area contributed by atoms with Crippen LogP contribution in [0.4, 0.5) is 5.69 Å². The average Bonchev–Trinajstić information content (AvgIpc) is 3.30. The number of thiocarbonyl (C=S) groups is 1. The highest BCUT2D eigenvalue weighted by Gasteiger charge is 2.24. The van der Waals surface area contributed by atoms with E-state index in [1.165, 1.54) is 26.2 Å². The number of rotatable bonds is 6. The van der Waals surface area contributed by atoms with Crippen molar-refractivity contribution in [2.75, 3.05) is 33.0 Å². The molecule has 0 aromatic heterocycles. The van der Waals surface area contributed by atoms with Gasteiger partial charge in [0.15, 0.2) is 5.11 Å². The second-order valence-corrected chi connectivity index (χ2v) is 8.48. The minimum atomic E-state index is -3.51. The Balaban J connectivity index is 1.99. The van der Waals surface area contributed by atoms with E-state index in [1.54, 1.807) is 24.1 Å². The van der Waals surface area contributed by atoms with Crippen LogP contribution in [0.15, 0.2) is 29.2 Å². The molecule has 1 amide bonds. The quantitative estimate of drug-likeness (QED) is 0.723. The zero-order valence-corrected chi connectivity index (χ0v) is 15.6. The number of sulfonamides is 1. The third kappa shape index (κ3) is 4.89. The van der Waals surface area contributed by atoms with Crippen LogP contribution in [0.3, 0.4) is 0 Å². The van der Waals surface area contributed by atoms with Crippen molar-refractivity contribution >= 4 is 38.9 Å². The van der Waals surface area contributed by atoms with Crippen molar-refractivity contribution in [3.05, 3.63) is 24.3 Å². The number of hydrogen-bond acceptors (Lipinski definition) is 4. The molecule has 1 fully saturated rings. The lowest BCUT2D eigenvalue weighted by Gasteiger charge is -2.21. The van der Waals surface area contributed by atoms with E-state index in [4.69, 9.17) is 12.2 Å². The molecule has 132 valence electrons. The van der Waals surface area contributed by atoms with Crippen LogP contribution in [0, 0.1) is 0 Å². The zero-order valence-electron chi connectivity index (χ0n) is 13.9. The third-order valence-electron chi connectivity index (χ3n) is 3.53. The molecule has 0 saturated heterocycles. The van der Waals surface area contributed by atoms with E-state index in [1.807, 2.05) is 0 Å². The fraction of sp³-hybridized carbons (Fsp3) is 0.467. The highest BCUT2D eigenvalue weighted by molar-refractivity contribution is 7.89. The fourth-order valence-corrected chi connectivity index (χ4v) is 3.08. The number of carbonyl (C=O) groups excluding carboxylic acids is 1. The Bertz CT molecular complexity index is 730. The molecule has 0 spiro atoms. The second kappa shape index (κ2) is 7.45. The topological polar surface area (TPSA) is 81.8 Å². The normalized spacial score (nSPS) is 14.3. The van der Waals surface area contributed by atoms with Crippen LogP contribution in [0.1, 0.15) is 12.8 Å². The minimum absolute atomic E-state index is 0.0758. The van der Waals surface area contributed by atoms with Gasteiger partial charge in [0.05, 0.1) is 11.4 Å². The molecular formula is C15H22N4O3S2. The fourth-order valence-electron chi connectivity index (χ4n) is 1.95. The summed E-state index contributed by atoms with van der Waals surface area (Å²) in [6.07, 6.45) is 2.07. The van der Waals surface area contributed by atoms with Crippen molar-refractivity contribution in [3.8, 4) is 0 Å². The SMILES string of the molecule is CN(CC(=O)NC1CC1)C(=S)Nc1cccc(S(=O)(=O)N(C)C)c1. The predicted molar refractivity (Wildman–Crippen MR) is 97.3 cm³/mol. The first kappa shape index (κ1) is 18.6. The summed E-state index contributed by atoms with van der Waals surface area (Å²) in [6, 6.07) is 6.71. The largest absolute Gasteiger partial charge is 0.352 e. The maximum atomic E-state index is 12.2. The number of likely N-dealkylation sites (N-methyl/N-ethyl adjacent to an activating group) is 1. The van der Waals surface area contributed by atoms with E-state index in [-0.39, 0.29) is 17.3 Å². The summed E-state index contributed by atoms with van der Waals surface area (Å²) in [4.78, 5) is 13.6. The van der Waals surface area contributed by atoms with Crippen LogP contribution < -0.4 is 10.6 Å². The van der Waals surface area contributed by atoms with E-state index in [9.17, 15) is 13.2 Å². The first-order valence-electron chi connectivity index (χ1n) is 7.54. The van der Waals surface area contributed by atoms with Gasteiger partial charge in [-0.2, -0.15) is 0 Å². The summed E-state index contributed by atoms with van der Waals surface area (Å²) in [5, 5.41) is 6.20. The van der Waals surface area contributed by atoms with Gasteiger partial charge in [0.1, 0.15) is 0 Å². The lowest BCUT2D eigenvalue weighted by atomic mass is 10.3. The van der Waals surface area contributed by atoms with Crippen LogP contribution in [0.2, 0.25) is 0 Å². The molecule has 0 aliphatic heterocycles. The highest BCUT2D eigenvalue weighted by atomic mass is 32.2. The molecule has 2 N–H and O–H groups in total. The molecule has 2 rings (SSSR count). The maximum Gasteiger partial charge on any atom is 0.242 e. The Kier molecular flexibility index (Phi) is 5.79. The van der Waals surface area contributed by atoms with Gasteiger partial charge in [0.25, 0.3) is 0 Å². The van der Waals surface area contributed by atoms with E-state index < -0.39 is 10.0 Å². The molecule has 24 heavy (non-hydrogen) atoms. The molecule has 1 saturated carbocycles. The van der Waals surface area contributed by atoms with Crippen molar-refractivity contribution < 1.29 is 13.2 Å². The first-order valence-corrected chi connectivity index (χ1v) is 9.39.